The van der Waals surface area contributed by atoms with E-state index in [9.17, 15) is 33.5 Å². The first-order valence-electron chi connectivity index (χ1n) is 7.92. The summed E-state index contributed by atoms with van der Waals surface area (Å²) in [5.74, 6) is 0.0232. The fraction of sp³-hybridized carbons (Fsp3) is 0.500. The van der Waals surface area contributed by atoms with Crippen molar-refractivity contribution in [2.75, 3.05) is 12.3 Å². The van der Waals surface area contributed by atoms with Gasteiger partial charge in [0.15, 0.2) is 22.0 Å². The lowest BCUT2D eigenvalue weighted by Gasteiger charge is -2.28. The number of anilines is 1. The van der Waals surface area contributed by atoms with Gasteiger partial charge in [-0.05, 0) is 0 Å². The smallest absolute Gasteiger partial charge is 0.478 e. The third-order valence-electron chi connectivity index (χ3n) is 3.83. The van der Waals surface area contributed by atoms with E-state index in [-0.39, 0.29) is 17.0 Å². The van der Waals surface area contributed by atoms with E-state index >= 15 is 0 Å². The first-order chi connectivity index (χ1) is 14.5. The molecule has 3 unspecified atom stereocenters. The number of hydrogen-bond acceptors (Lipinski definition) is 14. The second kappa shape index (κ2) is 8.80. The summed E-state index contributed by atoms with van der Waals surface area (Å²) in [6, 6.07) is 0. The van der Waals surface area contributed by atoms with Crippen molar-refractivity contribution in [3.8, 4) is 0 Å². The normalized spacial score (nSPS) is 28.8. The van der Waals surface area contributed by atoms with Crippen LogP contribution < -0.4 is 15.5 Å². The molecule has 1 saturated heterocycles. The molecule has 180 valence electrons. The Morgan fingerprint density at radius 3 is 2.50 bits per heavy atom. The van der Waals surface area contributed by atoms with Crippen LogP contribution in [0.25, 0.3) is 11.2 Å². The molecule has 1 aliphatic rings. The zero-order chi connectivity index (χ0) is 24.1. The number of ether oxygens (including phenoxy) is 1. The molecule has 0 aliphatic carbocycles. The highest BCUT2D eigenvalue weighted by Crippen LogP contribution is 2.63. The monoisotopic (exact) mass is 557 g/mol. The predicted molar refractivity (Wildman–Crippen MR) is 99.5 cm³/mol. The zero-order valence-corrected chi connectivity index (χ0v) is 19.3. The maximum Gasteiger partial charge on any atom is 0.478 e. The molecular formula is C10H12Cl2N5O12P3-2. The molecule has 0 bridgehead atoms. The number of alkyl halides is 2. The SMILES string of the molecule is Nc1ncnc2c1ncn2[C@@H]1O[C@H](COP(=O)(O)OP(=O)([O-])OP(=O)([O-])O)[C@@H](O)C1(Cl)Cl. The van der Waals surface area contributed by atoms with E-state index in [1.165, 1.54) is 10.9 Å². The van der Waals surface area contributed by atoms with Crippen LogP contribution >= 0.6 is 46.7 Å². The Bertz CT molecular complexity index is 1160. The van der Waals surface area contributed by atoms with Crippen LogP contribution in [-0.4, -0.2) is 57.6 Å². The van der Waals surface area contributed by atoms with Crippen molar-refractivity contribution in [3.05, 3.63) is 12.7 Å². The summed E-state index contributed by atoms with van der Waals surface area (Å²) in [4.78, 5) is 51.3. The molecule has 6 atom stereocenters. The number of rotatable bonds is 8. The third kappa shape index (κ3) is 5.66. The minimum atomic E-state index is -6.03. The molecule has 1 fully saturated rings. The molecule has 0 saturated carbocycles. The van der Waals surface area contributed by atoms with Gasteiger partial charge in [-0.2, -0.15) is 0 Å². The van der Waals surface area contributed by atoms with Crippen LogP contribution in [0.2, 0.25) is 0 Å². The summed E-state index contributed by atoms with van der Waals surface area (Å²) in [7, 11) is -17.4. The maximum atomic E-state index is 11.8. The van der Waals surface area contributed by atoms with Gasteiger partial charge < -0.3 is 35.2 Å². The second-order valence-corrected chi connectivity index (χ2v) is 11.9. The molecule has 1 aliphatic heterocycles. The van der Waals surface area contributed by atoms with Crippen molar-refractivity contribution in [1.82, 2.24) is 19.5 Å². The Morgan fingerprint density at radius 2 is 1.88 bits per heavy atom. The molecule has 0 radical (unpaired) electrons. The predicted octanol–water partition coefficient (Wildman–Crippen LogP) is -1.08. The minimum absolute atomic E-state index is 0.0232. The fourth-order valence-corrected chi connectivity index (χ4v) is 6.13. The molecule has 5 N–H and O–H groups in total. The van der Waals surface area contributed by atoms with Crippen LogP contribution in [-0.2, 0) is 31.6 Å². The average Bonchev–Trinajstić information content (AvgIpc) is 3.11. The number of aromatic nitrogens is 4. The number of aliphatic hydroxyl groups is 1. The Kier molecular flexibility index (Phi) is 7.12. The molecule has 17 nitrogen and oxygen atoms in total. The van der Waals surface area contributed by atoms with Gasteiger partial charge in [0.1, 0.15) is 24.1 Å². The largest absolute Gasteiger partial charge is 0.756 e. The molecule has 2 aromatic rings. The van der Waals surface area contributed by atoms with Gasteiger partial charge >= 0.3 is 7.82 Å². The Morgan fingerprint density at radius 1 is 1.22 bits per heavy atom. The van der Waals surface area contributed by atoms with Gasteiger partial charge in [-0.3, -0.25) is 18.2 Å². The number of nitrogens with two attached hydrogens (primary N) is 1. The minimum Gasteiger partial charge on any atom is -0.756 e. The van der Waals surface area contributed by atoms with E-state index < -0.39 is 52.8 Å². The van der Waals surface area contributed by atoms with Crippen molar-refractivity contribution in [3.63, 3.8) is 0 Å². The number of fused-ring (bicyclic) bond motifs is 1. The quantitative estimate of drug-likeness (QED) is 0.222. The van der Waals surface area contributed by atoms with Gasteiger partial charge in [0.25, 0.3) is 15.6 Å². The van der Waals surface area contributed by atoms with Crippen LogP contribution in [0.3, 0.4) is 0 Å². The summed E-state index contributed by atoms with van der Waals surface area (Å²) in [5, 5.41) is 10.4. The summed E-state index contributed by atoms with van der Waals surface area (Å²) in [5.41, 5.74) is 5.97. The molecule has 0 aromatic carbocycles. The van der Waals surface area contributed by atoms with Crippen LogP contribution in [0.1, 0.15) is 6.23 Å². The van der Waals surface area contributed by atoms with Crippen LogP contribution in [0.5, 0.6) is 0 Å². The van der Waals surface area contributed by atoms with Crippen molar-refractivity contribution in [2.45, 2.75) is 22.8 Å². The molecule has 0 spiro atoms. The van der Waals surface area contributed by atoms with Crippen molar-refractivity contribution >= 4 is 63.7 Å². The highest BCUT2D eigenvalue weighted by molar-refractivity contribution is 7.65. The highest BCUT2D eigenvalue weighted by Gasteiger charge is 2.56. The number of halogens is 2. The van der Waals surface area contributed by atoms with Crippen LogP contribution in [0.15, 0.2) is 12.7 Å². The number of hydrogen-bond donors (Lipinski definition) is 4. The van der Waals surface area contributed by atoms with E-state index in [0.717, 1.165) is 6.33 Å². The molecule has 0 amide bonds. The van der Waals surface area contributed by atoms with E-state index in [0.29, 0.717) is 0 Å². The Hall–Kier alpha value is -0.740. The van der Waals surface area contributed by atoms with Gasteiger partial charge in [0, 0.05) is 0 Å². The number of nitrogen functional groups attached to an aromatic ring is 1. The lowest BCUT2D eigenvalue weighted by molar-refractivity contribution is -0.236. The van der Waals surface area contributed by atoms with Crippen LogP contribution in [0.4, 0.5) is 5.82 Å². The summed E-state index contributed by atoms with van der Waals surface area (Å²) >= 11 is 12.4. The maximum absolute atomic E-state index is 11.8. The fourth-order valence-electron chi connectivity index (χ4n) is 2.61. The summed E-state index contributed by atoms with van der Waals surface area (Å²) < 4.78 is 49.3. The molecule has 22 heteroatoms. The van der Waals surface area contributed by atoms with Gasteiger partial charge in [0.05, 0.1) is 12.9 Å². The standard InChI is InChI=1S/C10H14Cl2N5O12P3/c11-10(12)6(18)4(1-26-31(22,23)29-32(24,25)28-30(19,20)21)27-9(10)17-3-16-5-7(13)14-2-15-8(5)17/h2-4,6,9,18H,1H2,(H,22,23)(H,24,25)(H2,13,14,15)(H2,19,20,21)/p-2/t4-,6-,9-/m1/s1. The van der Waals surface area contributed by atoms with E-state index in [4.69, 9.17) is 38.6 Å². The second-order valence-electron chi connectivity index (χ2n) is 6.07. The van der Waals surface area contributed by atoms with Crippen LogP contribution in [0, 0.1) is 0 Å². The molecule has 2 aromatic heterocycles. The lowest BCUT2D eigenvalue weighted by Crippen LogP contribution is -2.37. The van der Waals surface area contributed by atoms with Crippen molar-refractivity contribution < 1.29 is 56.3 Å². The number of imidazole rings is 1. The van der Waals surface area contributed by atoms with E-state index in [2.05, 4.69) is 28.1 Å². The van der Waals surface area contributed by atoms with Gasteiger partial charge in [-0.15, -0.1) is 0 Å². The lowest BCUT2D eigenvalue weighted by atomic mass is 10.2. The summed E-state index contributed by atoms with van der Waals surface area (Å²) in [6.07, 6.45) is -2.41. The number of phosphoric acid groups is 3. The van der Waals surface area contributed by atoms with Crippen molar-refractivity contribution in [2.24, 2.45) is 0 Å². The first kappa shape index (κ1) is 25.9. The van der Waals surface area contributed by atoms with E-state index in [1.54, 1.807) is 0 Å². The molecule has 32 heavy (non-hydrogen) atoms. The van der Waals surface area contributed by atoms with Gasteiger partial charge in [-0.25, -0.2) is 28.1 Å². The third-order valence-corrected chi connectivity index (χ3v) is 8.37. The Labute approximate surface area is 187 Å². The zero-order valence-electron chi connectivity index (χ0n) is 15.1. The number of aliphatic hydroxyl groups excluding tert-OH is 1. The summed E-state index contributed by atoms with van der Waals surface area (Å²) in [6.45, 7) is -1.02. The highest BCUT2D eigenvalue weighted by atomic mass is 35.5. The first-order valence-corrected chi connectivity index (χ1v) is 13.1. The molecular weight excluding hydrogens is 546 g/mol. The molecule has 3 rings (SSSR count). The number of nitrogens with zero attached hydrogens (tertiary/aromatic N) is 4. The van der Waals surface area contributed by atoms with Gasteiger partial charge in [0.2, 0.25) is 0 Å². The average molecular weight is 558 g/mol. The van der Waals surface area contributed by atoms with Crippen molar-refractivity contribution in [1.29, 1.82) is 0 Å². The number of phosphoric ester groups is 1. The topological polar surface area (TPSA) is 265 Å². The molecule has 3 heterocycles. The Balaban J connectivity index is 1.74. The van der Waals surface area contributed by atoms with Gasteiger partial charge in [-0.1, -0.05) is 23.2 Å². The van der Waals surface area contributed by atoms with E-state index in [1.807, 2.05) is 0 Å².